The molecular weight excluding hydrogens is 240 g/mol. The molecule has 19 heavy (non-hydrogen) atoms. The summed E-state index contributed by atoms with van der Waals surface area (Å²) in [6.45, 7) is 5.20. The highest BCUT2D eigenvalue weighted by molar-refractivity contribution is 5.88. The second kappa shape index (κ2) is 6.57. The summed E-state index contributed by atoms with van der Waals surface area (Å²) in [7, 11) is 0. The fourth-order valence-corrected chi connectivity index (χ4v) is 2.52. The summed E-state index contributed by atoms with van der Waals surface area (Å²) < 4.78 is 0. The van der Waals surface area contributed by atoms with Crippen LogP contribution < -0.4 is 10.2 Å². The molecule has 0 aromatic heterocycles. The zero-order valence-electron chi connectivity index (χ0n) is 11.4. The van der Waals surface area contributed by atoms with Crippen LogP contribution in [-0.2, 0) is 0 Å². The van der Waals surface area contributed by atoms with Crippen LogP contribution in [0.5, 0.6) is 0 Å². The minimum absolute atomic E-state index is 0.349. The molecule has 0 spiro atoms. The Morgan fingerprint density at radius 1 is 1.42 bits per heavy atom. The molecule has 4 nitrogen and oxygen atoms in total. The summed E-state index contributed by atoms with van der Waals surface area (Å²) in [5.74, 6) is -0.868. The standard InChI is InChI=1S/C15H22N2O2/c1-2-3-4-13-11-17(10-9-16-13)14-7-5-12(6-8-14)15(18)19/h5-8,13,16H,2-4,9-11H2,1H3,(H,18,19)/t13-/m1/s1. The highest BCUT2D eigenvalue weighted by Gasteiger charge is 2.19. The third-order valence-corrected chi connectivity index (χ3v) is 3.64. The number of carboxylic acid groups (broad SMARTS) is 1. The van der Waals surface area contributed by atoms with Crippen molar-refractivity contribution in [2.75, 3.05) is 24.5 Å². The van der Waals surface area contributed by atoms with E-state index in [1.165, 1.54) is 19.3 Å². The Kier molecular flexibility index (Phi) is 4.80. The summed E-state index contributed by atoms with van der Waals surface area (Å²) in [4.78, 5) is 13.2. The molecule has 1 aliphatic heterocycles. The summed E-state index contributed by atoms with van der Waals surface area (Å²) in [6.07, 6.45) is 3.69. The van der Waals surface area contributed by atoms with Crippen molar-refractivity contribution in [1.29, 1.82) is 0 Å². The van der Waals surface area contributed by atoms with Crippen LogP contribution in [0.25, 0.3) is 0 Å². The number of aromatic carboxylic acids is 1. The maximum atomic E-state index is 10.8. The van der Waals surface area contributed by atoms with Gasteiger partial charge in [0, 0.05) is 31.4 Å². The molecule has 0 aliphatic carbocycles. The number of nitrogens with zero attached hydrogens (tertiary/aromatic N) is 1. The molecule has 1 atom stereocenters. The van der Waals surface area contributed by atoms with Gasteiger partial charge >= 0.3 is 5.97 Å². The number of rotatable bonds is 5. The van der Waals surface area contributed by atoms with Crippen molar-refractivity contribution in [2.24, 2.45) is 0 Å². The molecule has 0 bridgehead atoms. The SMILES string of the molecule is CCCC[C@@H]1CN(c2ccc(C(=O)O)cc2)CCN1. The molecule has 0 amide bonds. The monoisotopic (exact) mass is 262 g/mol. The van der Waals surface area contributed by atoms with Gasteiger partial charge in [0.2, 0.25) is 0 Å². The van der Waals surface area contributed by atoms with Gasteiger partial charge in [-0.1, -0.05) is 19.8 Å². The average Bonchev–Trinajstić information content (AvgIpc) is 2.45. The maximum absolute atomic E-state index is 10.8. The van der Waals surface area contributed by atoms with E-state index in [2.05, 4.69) is 17.1 Å². The van der Waals surface area contributed by atoms with Gasteiger partial charge < -0.3 is 15.3 Å². The van der Waals surface area contributed by atoms with Crippen LogP contribution >= 0.6 is 0 Å². The number of nitrogens with one attached hydrogen (secondary N) is 1. The van der Waals surface area contributed by atoms with Gasteiger partial charge in [0.05, 0.1) is 5.56 Å². The number of piperazine rings is 1. The second-order valence-corrected chi connectivity index (χ2v) is 5.09. The van der Waals surface area contributed by atoms with Gasteiger partial charge in [-0.3, -0.25) is 0 Å². The van der Waals surface area contributed by atoms with Crippen LogP contribution in [0.2, 0.25) is 0 Å². The number of anilines is 1. The van der Waals surface area contributed by atoms with Crippen molar-refractivity contribution >= 4 is 11.7 Å². The molecule has 1 fully saturated rings. The number of carboxylic acids is 1. The molecule has 1 aliphatic rings. The quantitative estimate of drug-likeness (QED) is 0.855. The first-order valence-electron chi connectivity index (χ1n) is 7.02. The van der Waals surface area contributed by atoms with Crippen LogP contribution in [0.3, 0.4) is 0 Å². The molecular formula is C15H22N2O2. The Morgan fingerprint density at radius 2 is 2.16 bits per heavy atom. The number of hydrogen-bond acceptors (Lipinski definition) is 3. The predicted octanol–water partition coefficient (Wildman–Crippen LogP) is 2.35. The van der Waals surface area contributed by atoms with Crippen LogP contribution in [0.15, 0.2) is 24.3 Å². The van der Waals surface area contributed by atoms with Crippen molar-refractivity contribution in [1.82, 2.24) is 5.32 Å². The van der Waals surface area contributed by atoms with E-state index < -0.39 is 5.97 Å². The summed E-state index contributed by atoms with van der Waals surface area (Å²) in [5.41, 5.74) is 1.47. The molecule has 0 radical (unpaired) electrons. The molecule has 1 heterocycles. The minimum Gasteiger partial charge on any atom is -0.478 e. The Labute approximate surface area is 114 Å². The number of carbonyl (C=O) groups is 1. The number of benzene rings is 1. The zero-order valence-corrected chi connectivity index (χ0v) is 11.4. The normalized spacial score (nSPS) is 19.4. The van der Waals surface area contributed by atoms with Gasteiger partial charge in [-0.2, -0.15) is 0 Å². The highest BCUT2D eigenvalue weighted by Crippen LogP contribution is 2.18. The first-order valence-corrected chi connectivity index (χ1v) is 7.02. The van der Waals surface area contributed by atoms with Crippen LogP contribution in [0, 0.1) is 0 Å². The average molecular weight is 262 g/mol. The lowest BCUT2D eigenvalue weighted by atomic mass is 10.1. The molecule has 104 valence electrons. The molecule has 1 aromatic carbocycles. The predicted molar refractivity (Wildman–Crippen MR) is 76.9 cm³/mol. The second-order valence-electron chi connectivity index (χ2n) is 5.09. The summed E-state index contributed by atoms with van der Waals surface area (Å²) in [6, 6.07) is 7.73. The van der Waals surface area contributed by atoms with Gasteiger partial charge in [0.15, 0.2) is 0 Å². The van der Waals surface area contributed by atoms with Crippen molar-refractivity contribution in [3.63, 3.8) is 0 Å². The summed E-state index contributed by atoms with van der Waals surface area (Å²) >= 11 is 0. The minimum atomic E-state index is -0.868. The van der Waals surface area contributed by atoms with Crippen molar-refractivity contribution < 1.29 is 9.90 Å². The summed E-state index contributed by atoms with van der Waals surface area (Å²) in [5, 5.41) is 12.4. The zero-order chi connectivity index (χ0) is 13.7. The van der Waals surface area contributed by atoms with E-state index in [4.69, 9.17) is 5.11 Å². The van der Waals surface area contributed by atoms with Gasteiger partial charge in [-0.15, -0.1) is 0 Å². The lowest BCUT2D eigenvalue weighted by Gasteiger charge is -2.35. The molecule has 4 heteroatoms. The largest absolute Gasteiger partial charge is 0.478 e. The Bertz CT molecular complexity index is 417. The third-order valence-electron chi connectivity index (χ3n) is 3.64. The van der Waals surface area contributed by atoms with E-state index in [1.54, 1.807) is 12.1 Å². The molecule has 1 aromatic rings. The topological polar surface area (TPSA) is 52.6 Å². The number of hydrogen-bond donors (Lipinski definition) is 2. The molecule has 1 saturated heterocycles. The molecule has 0 saturated carbocycles. The Morgan fingerprint density at radius 3 is 2.79 bits per heavy atom. The van der Waals surface area contributed by atoms with Gasteiger partial charge in [-0.25, -0.2) is 4.79 Å². The fourth-order valence-electron chi connectivity index (χ4n) is 2.52. The van der Waals surface area contributed by atoms with Crippen molar-refractivity contribution in [3.05, 3.63) is 29.8 Å². The molecule has 2 N–H and O–H groups in total. The van der Waals surface area contributed by atoms with Crippen molar-refractivity contribution in [3.8, 4) is 0 Å². The van der Waals surface area contributed by atoms with Crippen LogP contribution in [-0.4, -0.2) is 36.8 Å². The Hall–Kier alpha value is -1.55. The van der Waals surface area contributed by atoms with Crippen molar-refractivity contribution in [2.45, 2.75) is 32.2 Å². The van der Waals surface area contributed by atoms with Gasteiger partial charge in [-0.05, 0) is 30.7 Å². The van der Waals surface area contributed by atoms with E-state index in [9.17, 15) is 4.79 Å². The van der Waals surface area contributed by atoms with Gasteiger partial charge in [0.25, 0.3) is 0 Å². The smallest absolute Gasteiger partial charge is 0.335 e. The number of unbranched alkanes of at least 4 members (excludes halogenated alkanes) is 1. The van der Waals surface area contributed by atoms with E-state index in [0.29, 0.717) is 11.6 Å². The lowest BCUT2D eigenvalue weighted by molar-refractivity contribution is 0.0697. The third kappa shape index (κ3) is 3.70. The van der Waals surface area contributed by atoms with E-state index >= 15 is 0 Å². The molecule has 2 rings (SSSR count). The van der Waals surface area contributed by atoms with Gasteiger partial charge in [0.1, 0.15) is 0 Å². The highest BCUT2D eigenvalue weighted by atomic mass is 16.4. The Balaban J connectivity index is 1.98. The lowest BCUT2D eigenvalue weighted by Crippen LogP contribution is -2.50. The van der Waals surface area contributed by atoms with Crippen LogP contribution in [0.1, 0.15) is 36.5 Å². The van der Waals surface area contributed by atoms with E-state index in [1.807, 2.05) is 12.1 Å². The first-order chi connectivity index (χ1) is 9.20. The van der Waals surface area contributed by atoms with Crippen LogP contribution in [0.4, 0.5) is 5.69 Å². The first kappa shape index (κ1) is 13.9. The van der Waals surface area contributed by atoms with E-state index in [-0.39, 0.29) is 0 Å². The fraction of sp³-hybridized carbons (Fsp3) is 0.533. The van der Waals surface area contributed by atoms with E-state index in [0.717, 1.165) is 25.3 Å². The maximum Gasteiger partial charge on any atom is 0.335 e. The molecule has 0 unspecified atom stereocenters.